The average Bonchev–Trinajstić information content (AvgIpc) is 2.19. The summed E-state index contributed by atoms with van der Waals surface area (Å²) in [4.78, 5) is 19.0. The SMILES string of the molecule is CCOC(=O)c1cc(COC)ncn1. The third-order valence-electron chi connectivity index (χ3n) is 1.50. The number of aromatic nitrogens is 2. The Morgan fingerprint density at radius 1 is 1.50 bits per heavy atom. The van der Waals surface area contributed by atoms with Crippen LogP contribution in [0.5, 0.6) is 0 Å². The standard InChI is InChI=1S/C9H12N2O3/c1-3-14-9(12)8-4-7(5-13-2)10-6-11-8/h4,6H,3,5H2,1-2H3. The van der Waals surface area contributed by atoms with E-state index >= 15 is 0 Å². The van der Waals surface area contributed by atoms with E-state index < -0.39 is 5.97 Å². The van der Waals surface area contributed by atoms with Gasteiger partial charge in [0, 0.05) is 7.11 Å². The van der Waals surface area contributed by atoms with Crippen LogP contribution in [0.4, 0.5) is 0 Å². The third kappa shape index (κ3) is 2.77. The van der Waals surface area contributed by atoms with Crippen molar-refractivity contribution in [2.24, 2.45) is 0 Å². The van der Waals surface area contributed by atoms with Crippen molar-refractivity contribution in [2.75, 3.05) is 13.7 Å². The largest absolute Gasteiger partial charge is 0.461 e. The Bertz CT molecular complexity index is 315. The fourth-order valence-electron chi connectivity index (χ4n) is 0.941. The molecule has 1 rings (SSSR count). The second kappa shape index (κ2) is 5.29. The minimum Gasteiger partial charge on any atom is -0.461 e. The molecule has 0 radical (unpaired) electrons. The minimum atomic E-state index is -0.438. The zero-order valence-electron chi connectivity index (χ0n) is 8.19. The molecule has 0 aromatic carbocycles. The van der Waals surface area contributed by atoms with Crippen molar-refractivity contribution in [1.82, 2.24) is 9.97 Å². The molecular formula is C9H12N2O3. The number of esters is 1. The van der Waals surface area contributed by atoms with Gasteiger partial charge in [0.2, 0.25) is 0 Å². The predicted octanol–water partition coefficient (Wildman–Crippen LogP) is 0.800. The van der Waals surface area contributed by atoms with Crippen LogP contribution in [-0.4, -0.2) is 29.7 Å². The fourth-order valence-corrected chi connectivity index (χ4v) is 0.941. The van der Waals surface area contributed by atoms with E-state index in [1.54, 1.807) is 20.1 Å². The zero-order chi connectivity index (χ0) is 10.4. The summed E-state index contributed by atoms with van der Waals surface area (Å²) in [6.45, 7) is 2.44. The molecule has 0 bridgehead atoms. The van der Waals surface area contributed by atoms with Gasteiger partial charge >= 0.3 is 5.97 Å². The molecule has 76 valence electrons. The number of rotatable bonds is 4. The van der Waals surface area contributed by atoms with Crippen LogP contribution >= 0.6 is 0 Å². The van der Waals surface area contributed by atoms with Gasteiger partial charge in [-0.05, 0) is 13.0 Å². The highest BCUT2D eigenvalue weighted by atomic mass is 16.5. The number of ether oxygens (including phenoxy) is 2. The first-order chi connectivity index (χ1) is 6.77. The quantitative estimate of drug-likeness (QED) is 0.666. The molecule has 0 saturated carbocycles. The van der Waals surface area contributed by atoms with Gasteiger partial charge in [-0.2, -0.15) is 0 Å². The van der Waals surface area contributed by atoms with E-state index in [0.717, 1.165) is 0 Å². The average molecular weight is 196 g/mol. The van der Waals surface area contributed by atoms with Crippen molar-refractivity contribution in [3.05, 3.63) is 23.8 Å². The lowest BCUT2D eigenvalue weighted by atomic mass is 10.3. The molecule has 0 saturated heterocycles. The van der Waals surface area contributed by atoms with E-state index in [-0.39, 0.29) is 5.69 Å². The lowest BCUT2D eigenvalue weighted by molar-refractivity contribution is 0.0518. The van der Waals surface area contributed by atoms with Crippen molar-refractivity contribution in [3.63, 3.8) is 0 Å². The highest BCUT2D eigenvalue weighted by Gasteiger charge is 2.08. The molecule has 0 spiro atoms. The molecule has 1 aromatic heterocycles. The first kappa shape index (κ1) is 10.6. The van der Waals surface area contributed by atoms with Crippen LogP contribution in [0.25, 0.3) is 0 Å². The van der Waals surface area contributed by atoms with Crippen molar-refractivity contribution in [1.29, 1.82) is 0 Å². The Balaban J connectivity index is 2.77. The Hall–Kier alpha value is -1.49. The molecule has 1 heterocycles. The first-order valence-corrected chi connectivity index (χ1v) is 4.25. The van der Waals surface area contributed by atoms with Crippen LogP contribution < -0.4 is 0 Å². The van der Waals surface area contributed by atoms with Crippen LogP contribution in [0.15, 0.2) is 12.4 Å². The Labute approximate surface area is 82.1 Å². The van der Waals surface area contributed by atoms with Crippen LogP contribution in [0, 0.1) is 0 Å². The number of nitrogens with zero attached hydrogens (tertiary/aromatic N) is 2. The van der Waals surface area contributed by atoms with Crippen LogP contribution in [0.2, 0.25) is 0 Å². The van der Waals surface area contributed by atoms with Crippen molar-refractivity contribution in [3.8, 4) is 0 Å². The summed E-state index contributed by atoms with van der Waals surface area (Å²) < 4.78 is 9.67. The number of methoxy groups -OCH3 is 1. The molecule has 0 N–H and O–H groups in total. The lowest BCUT2D eigenvalue weighted by Gasteiger charge is -2.02. The summed E-state index contributed by atoms with van der Waals surface area (Å²) in [7, 11) is 1.56. The summed E-state index contributed by atoms with van der Waals surface area (Å²) in [6, 6.07) is 1.56. The summed E-state index contributed by atoms with van der Waals surface area (Å²) in [6.07, 6.45) is 1.32. The van der Waals surface area contributed by atoms with Gasteiger partial charge in [-0.1, -0.05) is 0 Å². The second-order valence-electron chi connectivity index (χ2n) is 2.55. The maximum Gasteiger partial charge on any atom is 0.357 e. The number of hydrogen-bond acceptors (Lipinski definition) is 5. The molecule has 0 aliphatic rings. The minimum absolute atomic E-state index is 0.258. The first-order valence-electron chi connectivity index (χ1n) is 4.25. The van der Waals surface area contributed by atoms with Gasteiger partial charge in [0.25, 0.3) is 0 Å². The lowest BCUT2D eigenvalue weighted by Crippen LogP contribution is -2.08. The number of carbonyl (C=O) groups is 1. The van der Waals surface area contributed by atoms with Gasteiger partial charge in [0.15, 0.2) is 5.69 Å². The van der Waals surface area contributed by atoms with Gasteiger partial charge < -0.3 is 9.47 Å². The predicted molar refractivity (Wildman–Crippen MR) is 48.7 cm³/mol. The van der Waals surface area contributed by atoms with E-state index in [0.29, 0.717) is 18.9 Å². The van der Waals surface area contributed by atoms with Crippen molar-refractivity contribution in [2.45, 2.75) is 13.5 Å². The van der Waals surface area contributed by atoms with E-state index in [1.807, 2.05) is 0 Å². The van der Waals surface area contributed by atoms with Gasteiger partial charge in [-0.15, -0.1) is 0 Å². The maximum atomic E-state index is 11.2. The van der Waals surface area contributed by atoms with E-state index in [2.05, 4.69) is 9.97 Å². The van der Waals surface area contributed by atoms with Crippen LogP contribution in [0.1, 0.15) is 23.1 Å². The van der Waals surface area contributed by atoms with E-state index in [4.69, 9.17) is 9.47 Å². The van der Waals surface area contributed by atoms with E-state index in [1.165, 1.54) is 6.33 Å². The Morgan fingerprint density at radius 3 is 2.93 bits per heavy atom. The van der Waals surface area contributed by atoms with Crippen molar-refractivity contribution < 1.29 is 14.3 Å². The van der Waals surface area contributed by atoms with E-state index in [9.17, 15) is 4.79 Å². The van der Waals surface area contributed by atoms with Gasteiger partial charge in [-0.3, -0.25) is 0 Å². The summed E-state index contributed by atoms with van der Waals surface area (Å²) >= 11 is 0. The molecule has 0 aliphatic carbocycles. The summed E-state index contributed by atoms with van der Waals surface area (Å²) in [5.41, 5.74) is 0.916. The number of hydrogen-bond donors (Lipinski definition) is 0. The van der Waals surface area contributed by atoms with Crippen molar-refractivity contribution >= 4 is 5.97 Å². The van der Waals surface area contributed by atoms with Gasteiger partial charge in [-0.25, -0.2) is 14.8 Å². The molecule has 0 atom stereocenters. The summed E-state index contributed by atoms with van der Waals surface area (Å²) in [5, 5.41) is 0. The molecule has 5 nitrogen and oxygen atoms in total. The molecule has 1 aromatic rings. The molecule has 0 aliphatic heterocycles. The fraction of sp³-hybridized carbons (Fsp3) is 0.444. The van der Waals surface area contributed by atoms with Crippen LogP contribution in [0.3, 0.4) is 0 Å². The molecule has 5 heteroatoms. The highest BCUT2D eigenvalue weighted by molar-refractivity contribution is 5.87. The highest BCUT2D eigenvalue weighted by Crippen LogP contribution is 2.01. The molecule has 0 fully saturated rings. The normalized spacial score (nSPS) is 9.86. The third-order valence-corrected chi connectivity index (χ3v) is 1.50. The summed E-state index contributed by atoms with van der Waals surface area (Å²) in [5.74, 6) is -0.438. The topological polar surface area (TPSA) is 61.3 Å². The molecule has 0 unspecified atom stereocenters. The Morgan fingerprint density at radius 2 is 2.29 bits per heavy atom. The Kier molecular flexibility index (Phi) is 4.00. The number of carbonyl (C=O) groups excluding carboxylic acids is 1. The molecule has 14 heavy (non-hydrogen) atoms. The van der Waals surface area contributed by atoms with Gasteiger partial charge in [0.05, 0.1) is 18.9 Å². The van der Waals surface area contributed by atoms with Gasteiger partial charge in [0.1, 0.15) is 6.33 Å². The van der Waals surface area contributed by atoms with Crippen LogP contribution in [-0.2, 0) is 16.1 Å². The maximum absolute atomic E-state index is 11.2. The monoisotopic (exact) mass is 196 g/mol. The smallest absolute Gasteiger partial charge is 0.357 e. The second-order valence-corrected chi connectivity index (χ2v) is 2.55. The molecule has 0 amide bonds. The molecular weight excluding hydrogens is 184 g/mol. The zero-order valence-corrected chi connectivity index (χ0v) is 8.19.